The van der Waals surface area contributed by atoms with E-state index in [2.05, 4.69) is 0 Å². The fourth-order valence-electron chi connectivity index (χ4n) is 1.43. The molecule has 2 N–H and O–H groups in total. The van der Waals surface area contributed by atoms with Crippen molar-refractivity contribution in [2.24, 2.45) is 5.73 Å². The van der Waals surface area contributed by atoms with Gasteiger partial charge in [0, 0.05) is 24.8 Å². The average Bonchev–Trinajstić information content (AvgIpc) is 1.52. The molecule has 1 aliphatic carbocycles. The SMILES string of the molecule is NC1(CC(F)F)CC(F)(F)C1. The molecule has 0 bridgehead atoms. The first-order valence-corrected chi connectivity index (χ1v) is 3.28. The highest BCUT2D eigenvalue weighted by molar-refractivity contribution is 5.03. The van der Waals surface area contributed by atoms with Crippen LogP contribution in [0.3, 0.4) is 0 Å². The molecule has 1 fully saturated rings. The Morgan fingerprint density at radius 2 is 1.73 bits per heavy atom. The maximum Gasteiger partial charge on any atom is 0.251 e. The molecule has 1 aliphatic rings. The van der Waals surface area contributed by atoms with E-state index in [1.165, 1.54) is 0 Å². The summed E-state index contributed by atoms with van der Waals surface area (Å²) in [5, 5.41) is 0. The summed E-state index contributed by atoms with van der Waals surface area (Å²) in [5.74, 6) is -2.82. The van der Waals surface area contributed by atoms with Gasteiger partial charge in [0.1, 0.15) is 0 Å². The quantitative estimate of drug-likeness (QED) is 0.629. The zero-order valence-electron chi connectivity index (χ0n) is 5.79. The van der Waals surface area contributed by atoms with Crippen molar-refractivity contribution in [1.29, 1.82) is 0 Å². The molecule has 0 saturated heterocycles. The first-order chi connectivity index (χ1) is 4.83. The van der Waals surface area contributed by atoms with Gasteiger partial charge in [-0.2, -0.15) is 0 Å². The number of halogens is 4. The predicted octanol–water partition coefficient (Wildman–Crippen LogP) is 1.77. The van der Waals surface area contributed by atoms with Crippen molar-refractivity contribution in [3.63, 3.8) is 0 Å². The maximum atomic E-state index is 12.2. The number of nitrogens with two attached hydrogens (primary N) is 1. The van der Waals surface area contributed by atoms with Crippen LogP contribution >= 0.6 is 0 Å². The van der Waals surface area contributed by atoms with Crippen molar-refractivity contribution in [2.75, 3.05) is 0 Å². The van der Waals surface area contributed by atoms with Crippen molar-refractivity contribution in [2.45, 2.75) is 37.1 Å². The van der Waals surface area contributed by atoms with E-state index in [1.54, 1.807) is 0 Å². The molecule has 1 rings (SSSR count). The van der Waals surface area contributed by atoms with E-state index < -0.39 is 37.1 Å². The van der Waals surface area contributed by atoms with Crippen molar-refractivity contribution < 1.29 is 17.6 Å². The third kappa shape index (κ3) is 2.05. The van der Waals surface area contributed by atoms with Gasteiger partial charge in [-0.1, -0.05) is 0 Å². The van der Waals surface area contributed by atoms with Crippen LogP contribution in [0.1, 0.15) is 19.3 Å². The van der Waals surface area contributed by atoms with Crippen LogP contribution in [0.2, 0.25) is 0 Å². The minimum absolute atomic E-state index is 0.607. The second kappa shape index (κ2) is 2.33. The summed E-state index contributed by atoms with van der Waals surface area (Å²) >= 11 is 0. The lowest BCUT2D eigenvalue weighted by Gasteiger charge is -2.44. The Morgan fingerprint density at radius 3 is 2.00 bits per heavy atom. The third-order valence-electron chi connectivity index (χ3n) is 1.78. The molecule has 0 amide bonds. The van der Waals surface area contributed by atoms with Gasteiger partial charge in [0.25, 0.3) is 5.92 Å². The minimum atomic E-state index is -2.82. The Kier molecular flexibility index (Phi) is 1.86. The predicted molar refractivity (Wildman–Crippen MR) is 31.7 cm³/mol. The normalized spacial score (nSPS) is 26.7. The van der Waals surface area contributed by atoms with E-state index in [0.29, 0.717) is 0 Å². The fraction of sp³-hybridized carbons (Fsp3) is 1.00. The molecule has 0 aliphatic heterocycles. The van der Waals surface area contributed by atoms with Gasteiger partial charge in [-0.25, -0.2) is 17.6 Å². The average molecular weight is 171 g/mol. The topological polar surface area (TPSA) is 26.0 Å². The molecular formula is C6H9F4N. The zero-order chi connectivity index (χ0) is 8.70. The largest absolute Gasteiger partial charge is 0.325 e. The molecule has 0 radical (unpaired) electrons. The number of hydrogen-bond donors (Lipinski definition) is 1. The molecule has 0 aromatic heterocycles. The van der Waals surface area contributed by atoms with Crippen molar-refractivity contribution in [3.8, 4) is 0 Å². The van der Waals surface area contributed by atoms with Crippen LogP contribution in [0.25, 0.3) is 0 Å². The summed E-state index contributed by atoms with van der Waals surface area (Å²) in [6.07, 6.45) is -4.42. The van der Waals surface area contributed by atoms with Gasteiger partial charge < -0.3 is 5.73 Å². The molecule has 0 heterocycles. The highest BCUT2D eigenvalue weighted by Gasteiger charge is 2.55. The Balaban J connectivity index is 2.37. The van der Waals surface area contributed by atoms with Gasteiger partial charge >= 0.3 is 0 Å². The summed E-state index contributed by atoms with van der Waals surface area (Å²) in [7, 11) is 0. The van der Waals surface area contributed by atoms with Gasteiger partial charge in [-0.15, -0.1) is 0 Å². The highest BCUT2D eigenvalue weighted by Crippen LogP contribution is 2.46. The van der Waals surface area contributed by atoms with Gasteiger partial charge in [0.05, 0.1) is 0 Å². The molecule has 0 unspecified atom stereocenters. The van der Waals surface area contributed by atoms with Gasteiger partial charge in [-0.3, -0.25) is 0 Å². The van der Waals surface area contributed by atoms with Crippen LogP contribution < -0.4 is 5.73 Å². The summed E-state index contributed by atoms with van der Waals surface area (Å²) in [6, 6.07) is 0. The Hall–Kier alpha value is -0.320. The monoisotopic (exact) mass is 171 g/mol. The Morgan fingerprint density at radius 1 is 1.27 bits per heavy atom. The fourth-order valence-corrected chi connectivity index (χ4v) is 1.43. The van der Waals surface area contributed by atoms with Crippen LogP contribution in [0, 0.1) is 0 Å². The summed E-state index contributed by atoms with van der Waals surface area (Å²) in [6.45, 7) is 0. The molecule has 5 heteroatoms. The second-order valence-electron chi connectivity index (χ2n) is 3.17. The molecule has 66 valence electrons. The van der Waals surface area contributed by atoms with Crippen molar-refractivity contribution in [3.05, 3.63) is 0 Å². The van der Waals surface area contributed by atoms with Crippen LogP contribution in [-0.2, 0) is 0 Å². The lowest BCUT2D eigenvalue weighted by molar-refractivity contribution is -0.133. The van der Waals surface area contributed by atoms with Crippen molar-refractivity contribution in [1.82, 2.24) is 0 Å². The molecular weight excluding hydrogens is 162 g/mol. The number of rotatable bonds is 2. The maximum absolute atomic E-state index is 12.2. The molecule has 0 aromatic carbocycles. The molecule has 0 spiro atoms. The van der Waals surface area contributed by atoms with Gasteiger partial charge in [0.15, 0.2) is 0 Å². The van der Waals surface area contributed by atoms with Crippen LogP contribution in [-0.4, -0.2) is 17.9 Å². The van der Waals surface area contributed by atoms with Crippen LogP contribution in [0.4, 0.5) is 17.6 Å². The van der Waals surface area contributed by atoms with E-state index in [-0.39, 0.29) is 0 Å². The van der Waals surface area contributed by atoms with Crippen LogP contribution in [0.5, 0.6) is 0 Å². The lowest BCUT2D eigenvalue weighted by atomic mass is 9.72. The zero-order valence-corrected chi connectivity index (χ0v) is 5.79. The Bertz CT molecular complexity index is 143. The molecule has 0 atom stereocenters. The van der Waals surface area contributed by atoms with Crippen LogP contribution in [0.15, 0.2) is 0 Å². The van der Waals surface area contributed by atoms with E-state index in [0.717, 1.165) is 0 Å². The van der Waals surface area contributed by atoms with Gasteiger partial charge in [0.2, 0.25) is 6.43 Å². The van der Waals surface area contributed by atoms with Gasteiger partial charge in [-0.05, 0) is 0 Å². The van der Waals surface area contributed by atoms with E-state index >= 15 is 0 Å². The molecule has 1 saturated carbocycles. The first-order valence-electron chi connectivity index (χ1n) is 3.28. The summed E-state index contributed by atoms with van der Waals surface area (Å²) in [4.78, 5) is 0. The second-order valence-corrected chi connectivity index (χ2v) is 3.17. The third-order valence-corrected chi connectivity index (χ3v) is 1.78. The van der Waals surface area contributed by atoms with E-state index in [1.807, 2.05) is 0 Å². The molecule has 1 nitrogen and oxygen atoms in total. The Labute approximate surface area is 61.6 Å². The summed E-state index contributed by atoms with van der Waals surface area (Å²) < 4.78 is 47.7. The minimum Gasteiger partial charge on any atom is -0.325 e. The van der Waals surface area contributed by atoms with E-state index in [9.17, 15) is 17.6 Å². The first kappa shape index (κ1) is 8.77. The highest BCUT2D eigenvalue weighted by atomic mass is 19.3. The summed E-state index contributed by atoms with van der Waals surface area (Å²) in [5.41, 5.74) is 3.90. The molecule has 0 aromatic rings. The van der Waals surface area contributed by atoms with Crippen molar-refractivity contribution >= 4 is 0 Å². The lowest BCUT2D eigenvalue weighted by Crippen LogP contribution is -2.58. The standard InChI is InChI=1S/C6H9F4N/c7-4(8)1-5(11)2-6(9,10)3-5/h4H,1-3,11H2. The number of hydrogen-bond acceptors (Lipinski definition) is 1. The van der Waals surface area contributed by atoms with E-state index in [4.69, 9.17) is 5.73 Å². The number of alkyl halides is 4. The smallest absolute Gasteiger partial charge is 0.251 e. The molecule has 11 heavy (non-hydrogen) atoms.